The molecule has 0 aliphatic heterocycles. The molecule has 4 nitrogen and oxygen atoms in total. The Morgan fingerprint density at radius 2 is 1.94 bits per heavy atom. The van der Waals surface area contributed by atoms with Crippen LogP contribution in [0.4, 0.5) is 11.4 Å². The van der Waals surface area contributed by atoms with Crippen LogP contribution >= 0.6 is 0 Å². The molecule has 1 aromatic rings. The lowest BCUT2D eigenvalue weighted by molar-refractivity contribution is -0.384. The van der Waals surface area contributed by atoms with Gasteiger partial charge < -0.3 is 5.32 Å². The smallest absolute Gasteiger partial charge is 0.269 e. The SMILES string of the molecule is O=[N+]([O-])c1ccc(NC2CC3CCC2C3)cc1. The van der Waals surface area contributed by atoms with Crippen molar-refractivity contribution in [1.29, 1.82) is 0 Å². The van der Waals surface area contributed by atoms with Crippen LogP contribution in [0.1, 0.15) is 25.7 Å². The highest BCUT2D eigenvalue weighted by molar-refractivity contribution is 5.49. The fraction of sp³-hybridized carbons (Fsp3) is 0.538. The standard InChI is InChI=1S/C13H16N2O2/c16-15(17)12-5-3-11(4-6-12)14-13-8-9-1-2-10(13)7-9/h3-6,9-10,13-14H,1-2,7-8H2. The van der Waals surface area contributed by atoms with E-state index in [2.05, 4.69) is 5.32 Å². The molecule has 0 amide bonds. The van der Waals surface area contributed by atoms with E-state index < -0.39 is 0 Å². The third-order valence-corrected chi connectivity index (χ3v) is 4.17. The maximum Gasteiger partial charge on any atom is 0.269 e. The average Bonchev–Trinajstić information content (AvgIpc) is 2.91. The molecule has 0 saturated heterocycles. The number of benzene rings is 1. The van der Waals surface area contributed by atoms with Crippen molar-refractivity contribution in [3.8, 4) is 0 Å². The Bertz CT molecular complexity index is 430. The molecule has 0 aromatic heterocycles. The van der Waals surface area contributed by atoms with E-state index in [1.54, 1.807) is 12.1 Å². The maximum atomic E-state index is 10.5. The third kappa shape index (κ3) is 1.99. The highest BCUT2D eigenvalue weighted by atomic mass is 16.6. The van der Waals surface area contributed by atoms with Gasteiger partial charge in [-0.3, -0.25) is 10.1 Å². The second-order valence-corrected chi connectivity index (χ2v) is 5.23. The number of non-ortho nitro benzene ring substituents is 1. The Morgan fingerprint density at radius 1 is 1.18 bits per heavy atom. The van der Waals surface area contributed by atoms with E-state index in [0.717, 1.165) is 17.5 Å². The molecule has 4 heteroatoms. The molecule has 2 aliphatic carbocycles. The summed E-state index contributed by atoms with van der Waals surface area (Å²) in [4.78, 5) is 10.2. The lowest BCUT2D eigenvalue weighted by Gasteiger charge is -2.23. The molecule has 3 unspecified atom stereocenters. The molecule has 1 aromatic carbocycles. The van der Waals surface area contributed by atoms with Crippen molar-refractivity contribution in [3.63, 3.8) is 0 Å². The number of rotatable bonds is 3. The monoisotopic (exact) mass is 232 g/mol. The van der Waals surface area contributed by atoms with Crippen LogP contribution in [-0.2, 0) is 0 Å². The molecule has 2 fully saturated rings. The Labute approximate surface area is 100 Å². The van der Waals surface area contributed by atoms with Gasteiger partial charge in [-0.15, -0.1) is 0 Å². The van der Waals surface area contributed by atoms with Gasteiger partial charge in [0.25, 0.3) is 5.69 Å². The fourth-order valence-corrected chi connectivity index (χ4v) is 3.31. The van der Waals surface area contributed by atoms with Crippen LogP contribution in [0.15, 0.2) is 24.3 Å². The summed E-state index contributed by atoms with van der Waals surface area (Å²) < 4.78 is 0. The molecule has 2 aliphatic rings. The van der Waals surface area contributed by atoms with Crippen LogP contribution in [0.2, 0.25) is 0 Å². The van der Waals surface area contributed by atoms with E-state index in [9.17, 15) is 10.1 Å². The summed E-state index contributed by atoms with van der Waals surface area (Å²) in [5, 5.41) is 14.1. The van der Waals surface area contributed by atoms with Gasteiger partial charge in [-0.2, -0.15) is 0 Å². The first-order valence-corrected chi connectivity index (χ1v) is 6.23. The normalized spacial score (nSPS) is 30.5. The van der Waals surface area contributed by atoms with Crippen molar-refractivity contribution in [2.45, 2.75) is 31.7 Å². The Hall–Kier alpha value is -1.58. The number of anilines is 1. The lowest BCUT2D eigenvalue weighted by atomic mass is 9.95. The maximum absolute atomic E-state index is 10.5. The van der Waals surface area contributed by atoms with Crippen molar-refractivity contribution in [1.82, 2.24) is 0 Å². The first-order chi connectivity index (χ1) is 8.22. The van der Waals surface area contributed by atoms with E-state index in [-0.39, 0.29) is 10.6 Å². The number of fused-ring (bicyclic) bond motifs is 2. The summed E-state index contributed by atoms with van der Waals surface area (Å²) in [6.07, 6.45) is 5.37. The van der Waals surface area contributed by atoms with Crippen LogP contribution in [0.5, 0.6) is 0 Å². The zero-order chi connectivity index (χ0) is 11.8. The van der Waals surface area contributed by atoms with Crippen molar-refractivity contribution in [2.24, 2.45) is 11.8 Å². The number of nitrogens with zero attached hydrogens (tertiary/aromatic N) is 1. The molecule has 0 heterocycles. The number of hydrogen-bond donors (Lipinski definition) is 1. The minimum absolute atomic E-state index is 0.156. The zero-order valence-electron chi connectivity index (χ0n) is 9.63. The Morgan fingerprint density at radius 3 is 2.47 bits per heavy atom. The molecule has 90 valence electrons. The third-order valence-electron chi connectivity index (χ3n) is 4.17. The summed E-state index contributed by atoms with van der Waals surface area (Å²) in [5.74, 6) is 1.73. The van der Waals surface area contributed by atoms with Crippen molar-refractivity contribution in [2.75, 3.05) is 5.32 Å². The first kappa shape index (κ1) is 10.6. The predicted molar refractivity (Wildman–Crippen MR) is 66.0 cm³/mol. The van der Waals surface area contributed by atoms with Gasteiger partial charge in [0.15, 0.2) is 0 Å². The highest BCUT2D eigenvalue weighted by Crippen LogP contribution is 2.45. The van der Waals surface area contributed by atoms with Crippen LogP contribution in [0.25, 0.3) is 0 Å². The van der Waals surface area contributed by atoms with Crippen LogP contribution < -0.4 is 5.32 Å². The van der Waals surface area contributed by atoms with E-state index >= 15 is 0 Å². The Balaban J connectivity index is 1.67. The van der Waals surface area contributed by atoms with E-state index in [0.29, 0.717) is 6.04 Å². The summed E-state index contributed by atoms with van der Waals surface area (Å²) >= 11 is 0. The molecule has 2 saturated carbocycles. The van der Waals surface area contributed by atoms with E-state index in [4.69, 9.17) is 0 Å². The zero-order valence-corrected chi connectivity index (χ0v) is 9.63. The average molecular weight is 232 g/mol. The molecule has 2 bridgehead atoms. The number of nitro benzene ring substituents is 1. The van der Waals surface area contributed by atoms with Gasteiger partial charge in [-0.1, -0.05) is 6.42 Å². The van der Waals surface area contributed by atoms with Gasteiger partial charge in [-0.05, 0) is 43.2 Å². The number of nitro groups is 1. The van der Waals surface area contributed by atoms with E-state index in [1.165, 1.54) is 25.7 Å². The fourth-order valence-electron chi connectivity index (χ4n) is 3.31. The van der Waals surface area contributed by atoms with E-state index in [1.807, 2.05) is 12.1 Å². The predicted octanol–water partition coefficient (Wildman–Crippen LogP) is 3.20. The molecule has 3 atom stereocenters. The van der Waals surface area contributed by atoms with Crippen molar-refractivity contribution >= 4 is 11.4 Å². The molecular weight excluding hydrogens is 216 g/mol. The van der Waals surface area contributed by atoms with Crippen molar-refractivity contribution < 1.29 is 4.92 Å². The first-order valence-electron chi connectivity index (χ1n) is 6.23. The lowest BCUT2D eigenvalue weighted by Crippen LogP contribution is -2.25. The largest absolute Gasteiger partial charge is 0.382 e. The van der Waals surface area contributed by atoms with Crippen LogP contribution in [0, 0.1) is 22.0 Å². The highest BCUT2D eigenvalue weighted by Gasteiger charge is 2.39. The topological polar surface area (TPSA) is 55.2 Å². The summed E-state index contributed by atoms with van der Waals surface area (Å²) in [5.41, 5.74) is 1.16. The minimum atomic E-state index is -0.360. The molecule has 0 spiro atoms. The van der Waals surface area contributed by atoms with Gasteiger partial charge in [0.1, 0.15) is 0 Å². The molecular formula is C13H16N2O2. The molecule has 1 N–H and O–H groups in total. The second-order valence-electron chi connectivity index (χ2n) is 5.23. The summed E-state index contributed by atoms with van der Waals surface area (Å²) in [6, 6.07) is 7.33. The van der Waals surface area contributed by atoms with Crippen LogP contribution in [0.3, 0.4) is 0 Å². The second kappa shape index (κ2) is 4.02. The summed E-state index contributed by atoms with van der Waals surface area (Å²) in [6.45, 7) is 0. The summed E-state index contributed by atoms with van der Waals surface area (Å²) in [7, 11) is 0. The minimum Gasteiger partial charge on any atom is -0.382 e. The van der Waals surface area contributed by atoms with Crippen molar-refractivity contribution in [3.05, 3.63) is 34.4 Å². The quantitative estimate of drug-likeness (QED) is 0.643. The van der Waals surface area contributed by atoms with Gasteiger partial charge in [0.2, 0.25) is 0 Å². The van der Waals surface area contributed by atoms with Gasteiger partial charge >= 0.3 is 0 Å². The molecule has 3 rings (SSSR count). The molecule has 17 heavy (non-hydrogen) atoms. The number of nitrogens with one attached hydrogen (secondary N) is 1. The van der Waals surface area contributed by atoms with Gasteiger partial charge in [0.05, 0.1) is 4.92 Å². The number of hydrogen-bond acceptors (Lipinski definition) is 3. The Kier molecular flexibility index (Phi) is 2.50. The molecule has 0 radical (unpaired) electrons. The van der Waals surface area contributed by atoms with Gasteiger partial charge in [0, 0.05) is 23.9 Å². The van der Waals surface area contributed by atoms with Crippen LogP contribution in [-0.4, -0.2) is 11.0 Å². The van der Waals surface area contributed by atoms with Gasteiger partial charge in [-0.25, -0.2) is 0 Å².